The minimum atomic E-state index is -0.267. The normalized spacial score (nSPS) is 36.7. The lowest BCUT2D eigenvalue weighted by atomic mass is 9.50. The summed E-state index contributed by atoms with van der Waals surface area (Å²) in [5, 5.41) is 0.480. The number of ether oxygens (including phenoxy) is 1. The van der Waals surface area contributed by atoms with Gasteiger partial charge >= 0.3 is 5.97 Å². The summed E-state index contributed by atoms with van der Waals surface area (Å²) in [6.45, 7) is 0.584. The Morgan fingerprint density at radius 1 is 1.10 bits per heavy atom. The highest BCUT2D eigenvalue weighted by molar-refractivity contribution is 6.33. The molecule has 4 bridgehead atoms. The molecule has 21 heavy (non-hydrogen) atoms. The molecule has 0 aliphatic heterocycles. The van der Waals surface area contributed by atoms with Gasteiger partial charge in [0.2, 0.25) is 0 Å². The first-order valence-electron chi connectivity index (χ1n) is 8.05. The van der Waals surface area contributed by atoms with Crippen LogP contribution in [0.3, 0.4) is 0 Å². The van der Waals surface area contributed by atoms with E-state index in [0.717, 1.165) is 17.8 Å². The summed E-state index contributed by atoms with van der Waals surface area (Å²) in [6, 6.07) is 7.14. The van der Waals surface area contributed by atoms with Crippen molar-refractivity contribution < 1.29 is 9.53 Å². The maximum Gasteiger partial charge on any atom is 0.339 e. The minimum Gasteiger partial charge on any atom is -0.461 e. The molecule has 0 spiro atoms. The number of carbonyl (C=O) groups is 1. The van der Waals surface area contributed by atoms with Gasteiger partial charge in [0, 0.05) is 5.41 Å². The van der Waals surface area contributed by atoms with Gasteiger partial charge in [0.25, 0.3) is 0 Å². The molecule has 0 N–H and O–H groups in total. The fourth-order valence-electron chi connectivity index (χ4n) is 5.39. The van der Waals surface area contributed by atoms with Crippen molar-refractivity contribution in [2.45, 2.75) is 38.5 Å². The Morgan fingerprint density at radius 2 is 1.67 bits per heavy atom. The van der Waals surface area contributed by atoms with Crippen molar-refractivity contribution in [3.8, 4) is 0 Å². The van der Waals surface area contributed by atoms with Crippen LogP contribution in [-0.4, -0.2) is 12.6 Å². The number of hydrogen-bond donors (Lipinski definition) is 0. The Morgan fingerprint density at radius 3 is 2.24 bits per heavy atom. The van der Waals surface area contributed by atoms with Crippen LogP contribution in [0.1, 0.15) is 48.9 Å². The highest BCUT2D eigenvalue weighted by Crippen LogP contribution is 2.60. The highest BCUT2D eigenvalue weighted by Gasteiger charge is 2.51. The van der Waals surface area contributed by atoms with Gasteiger partial charge in [0.05, 0.1) is 17.2 Å². The molecule has 0 atom stereocenters. The second-order valence-electron chi connectivity index (χ2n) is 7.47. The Balaban J connectivity index is 1.45. The monoisotopic (exact) mass is 304 g/mol. The number of hydrogen-bond acceptors (Lipinski definition) is 2. The van der Waals surface area contributed by atoms with E-state index in [9.17, 15) is 4.79 Å². The molecule has 4 aliphatic carbocycles. The number of halogens is 1. The van der Waals surface area contributed by atoms with Crippen LogP contribution in [0.4, 0.5) is 0 Å². The third-order valence-electron chi connectivity index (χ3n) is 5.77. The highest BCUT2D eigenvalue weighted by atomic mass is 35.5. The molecule has 0 radical (unpaired) electrons. The van der Waals surface area contributed by atoms with E-state index in [1.807, 2.05) is 12.1 Å². The van der Waals surface area contributed by atoms with Crippen molar-refractivity contribution in [2.24, 2.45) is 23.2 Å². The lowest BCUT2D eigenvalue weighted by Gasteiger charge is -2.56. The molecule has 1 aromatic carbocycles. The van der Waals surface area contributed by atoms with Crippen LogP contribution in [0, 0.1) is 23.2 Å². The van der Waals surface area contributed by atoms with E-state index in [1.165, 1.54) is 38.5 Å². The molecular formula is C18H21ClO2. The summed E-state index contributed by atoms with van der Waals surface area (Å²) < 4.78 is 5.67. The van der Waals surface area contributed by atoms with Crippen molar-refractivity contribution in [3.63, 3.8) is 0 Å². The van der Waals surface area contributed by atoms with Crippen LogP contribution in [0.5, 0.6) is 0 Å². The predicted octanol–water partition coefficient (Wildman–Crippen LogP) is 4.71. The first-order valence-corrected chi connectivity index (χ1v) is 8.43. The van der Waals surface area contributed by atoms with Crippen molar-refractivity contribution in [1.29, 1.82) is 0 Å². The molecular weight excluding hydrogens is 284 g/mol. The first-order chi connectivity index (χ1) is 10.1. The Hall–Kier alpha value is -1.02. The zero-order chi connectivity index (χ0) is 14.4. The van der Waals surface area contributed by atoms with Gasteiger partial charge in [-0.05, 0) is 68.4 Å². The van der Waals surface area contributed by atoms with Crippen LogP contribution < -0.4 is 0 Å². The van der Waals surface area contributed by atoms with Crippen molar-refractivity contribution in [1.82, 2.24) is 0 Å². The molecule has 1 aromatic rings. The van der Waals surface area contributed by atoms with E-state index in [4.69, 9.17) is 16.3 Å². The summed E-state index contributed by atoms with van der Waals surface area (Å²) in [5.41, 5.74) is 0.759. The molecule has 0 aromatic heterocycles. The maximum absolute atomic E-state index is 12.3. The third kappa shape index (κ3) is 2.48. The van der Waals surface area contributed by atoms with Gasteiger partial charge in [-0.25, -0.2) is 4.79 Å². The van der Waals surface area contributed by atoms with Gasteiger partial charge in [-0.15, -0.1) is 0 Å². The van der Waals surface area contributed by atoms with Crippen molar-refractivity contribution >= 4 is 17.6 Å². The Kier molecular flexibility index (Phi) is 3.25. The topological polar surface area (TPSA) is 26.3 Å². The fraction of sp³-hybridized carbons (Fsp3) is 0.611. The average Bonchev–Trinajstić information content (AvgIpc) is 2.44. The first kappa shape index (κ1) is 13.6. The van der Waals surface area contributed by atoms with Gasteiger partial charge in [0.1, 0.15) is 0 Å². The Bertz CT molecular complexity index is 531. The zero-order valence-corrected chi connectivity index (χ0v) is 12.9. The van der Waals surface area contributed by atoms with Crippen molar-refractivity contribution in [2.75, 3.05) is 6.61 Å². The summed E-state index contributed by atoms with van der Waals surface area (Å²) in [7, 11) is 0. The van der Waals surface area contributed by atoms with Crippen LogP contribution in [0.25, 0.3) is 0 Å². The number of esters is 1. The average molecular weight is 305 g/mol. The summed E-state index contributed by atoms with van der Waals surface area (Å²) in [5.74, 6) is 2.39. The smallest absolute Gasteiger partial charge is 0.339 e. The third-order valence-corrected chi connectivity index (χ3v) is 6.10. The van der Waals surface area contributed by atoms with E-state index in [1.54, 1.807) is 12.1 Å². The van der Waals surface area contributed by atoms with Crippen LogP contribution in [0.15, 0.2) is 24.3 Å². The van der Waals surface area contributed by atoms with E-state index in [0.29, 0.717) is 17.2 Å². The SMILES string of the molecule is O=C(OCC12CC3CC(CC(C3)C1)C2)c1ccccc1Cl. The van der Waals surface area contributed by atoms with Crippen LogP contribution in [0.2, 0.25) is 5.02 Å². The van der Waals surface area contributed by atoms with Gasteiger partial charge in [-0.3, -0.25) is 0 Å². The second kappa shape index (κ2) is 5.01. The molecule has 0 heterocycles. The molecule has 0 unspecified atom stereocenters. The fourth-order valence-corrected chi connectivity index (χ4v) is 5.60. The minimum absolute atomic E-state index is 0.267. The number of rotatable bonds is 3. The molecule has 5 rings (SSSR count). The predicted molar refractivity (Wildman–Crippen MR) is 82.3 cm³/mol. The van der Waals surface area contributed by atoms with Gasteiger partial charge in [-0.2, -0.15) is 0 Å². The van der Waals surface area contributed by atoms with E-state index in [-0.39, 0.29) is 11.4 Å². The van der Waals surface area contributed by atoms with E-state index in [2.05, 4.69) is 0 Å². The number of carbonyl (C=O) groups excluding carboxylic acids is 1. The Labute approximate surface area is 130 Å². The van der Waals surface area contributed by atoms with E-state index >= 15 is 0 Å². The molecule has 4 aliphatic rings. The van der Waals surface area contributed by atoms with Crippen molar-refractivity contribution in [3.05, 3.63) is 34.9 Å². The zero-order valence-electron chi connectivity index (χ0n) is 12.2. The number of benzene rings is 1. The molecule has 0 amide bonds. The summed E-state index contributed by atoms with van der Waals surface area (Å²) in [4.78, 5) is 12.3. The lowest BCUT2D eigenvalue weighted by Crippen LogP contribution is -2.48. The van der Waals surface area contributed by atoms with Crippen LogP contribution >= 0.6 is 11.6 Å². The van der Waals surface area contributed by atoms with Crippen LogP contribution in [-0.2, 0) is 4.74 Å². The molecule has 0 saturated heterocycles. The maximum atomic E-state index is 12.3. The quantitative estimate of drug-likeness (QED) is 0.756. The summed E-state index contributed by atoms with van der Waals surface area (Å²) in [6.07, 6.45) is 8.02. The molecule has 3 heteroatoms. The van der Waals surface area contributed by atoms with Gasteiger partial charge in [0.15, 0.2) is 0 Å². The lowest BCUT2D eigenvalue weighted by molar-refractivity contribution is -0.0848. The van der Waals surface area contributed by atoms with Gasteiger partial charge < -0.3 is 4.74 Å². The molecule has 2 nitrogen and oxygen atoms in total. The standard InChI is InChI=1S/C18H21ClO2/c19-16-4-2-1-3-15(16)17(20)21-11-18-8-12-5-13(9-18)7-14(6-12)10-18/h1-4,12-14H,5-11H2. The largest absolute Gasteiger partial charge is 0.461 e. The van der Waals surface area contributed by atoms with E-state index < -0.39 is 0 Å². The molecule has 4 saturated carbocycles. The molecule has 112 valence electrons. The van der Waals surface area contributed by atoms with Gasteiger partial charge in [-0.1, -0.05) is 23.7 Å². The molecule has 4 fully saturated rings. The second-order valence-corrected chi connectivity index (χ2v) is 7.88. The summed E-state index contributed by atoms with van der Waals surface area (Å²) >= 11 is 6.07.